The average molecular weight is 498 g/mol. The predicted octanol–water partition coefficient (Wildman–Crippen LogP) is 4.65. The van der Waals surface area contributed by atoms with Crippen LogP contribution in [-0.2, 0) is 17.7 Å². The molecule has 3 heterocycles. The monoisotopic (exact) mass is 497 g/mol. The van der Waals surface area contributed by atoms with Gasteiger partial charge >= 0.3 is 0 Å². The summed E-state index contributed by atoms with van der Waals surface area (Å²) in [4.78, 5) is 9.70. The van der Waals surface area contributed by atoms with Crippen LogP contribution in [0.3, 0.4) is 0 Å². The molecule has 2 aromatic heterocycles. The van der Waals surface area contributed by atoms with Gasteiger partial charge in [-0.15, -0.1) is 5.10 Å². The van der Waals surface area contributed by atoms with Gasteiger partial charge in [-0.1, -0.05) is 43.3 Å². The number of nitrogens with zero attached hydrogens (tertiary/aromatic N) is 4. The lowest BCUT2D eigenvalue weighted by molar-refractivity contribution is 0.0150. The van der Waals surface area contributed by atoms with E-state index in [1.165, 1.54) is 12.0 Å². The van der Waals surface area contributed by atoms with Gasteiger partial charge in [0.1, 0.15) is 11.3 Å². The number of aromatic nitrogens is 3. The lowest BCUT2D eigenvalue weighted by Crippen LogP contribution is -2.23. The van der Waals surface area contributed by atoms with Crippen LogP contribution in [0.5, 0.6) is 0 Å². The number of imidazole rings is 1. The number of amidine groups is 1. The second-order valence-corrected chi connectivity index (χ2v) is 9.70. The fourth-order valence-corrected chi connectivity index (χ4v) is 5.21. The number of hydrazone groups is 1. The second-order valence-electron chi connectivity index (χ2n) is 9.70. The molecule has 0 amide bonds. The Morgan fingerprint density at radius 1 is 1.11 bits per heavy atom. The van der Waals surface area contributed by atoms with Crippen LogP contribution < -0.4 is 17.1 Å². The number of benzene rings is 2. The Labute approximate surface area is 217 Å². The molecule has 5 rings (SSSR count). The molecule has 1 aliphatic heterocycles. The fraction of sp³-hybridized carbons (Fsp3) is 0.345. The molecule has 0 bridgehead atoms. The largest absolute Gasteiger partial charge is 0.382 e. The van der Waals surface area contributed by atoms with E-state index in [4.69, 9.17) is 26.3 Å². The third-order valence-electron chi connectivity index (χ3n) is 7.08. The summed E-state index contributed by atoms with van der Waals surface area (Å²) >= 11 is 0. The zero-order valence-corrected chi connectivity index (χ0v) is 21.8. The van der Waals surface area contributed by atoms with Crippen molar-refractivity contribution in [1.29, 1.82) is 0 Å². The molecular formula is C29H35N7O. The van der Waals surface area contributed by atoms with Gasteiger partial charge in [0.15, 0.2) is 11.5 Å². The van der Waals surface area contributed by atoms with Crippen LogP contribution >= 0.6 is 0 Å². The fourth-order valence-electron chi connectivity index (χ4n) is 5.21. The molecule has 0 radical (unpaired) electrons. The van der Waals surface area contributed by atoms with Crippen LogP contribution in [0, 0.1) is 13.8 Å². The zero-order chi connectivity index (χ0) is 25.9. The van der Waals surface area contributed by atoms with Crippen molar-refractivity contribution in [3.8, 4) is 11.1 Å². The first kappa shape index (κ1) is 24.9. The van der Waals surface area contributed by atoms with Crippen LogP contribution in [0.1, 0.15) is 66.1 Å². The Morgan fingerprint density at radius 3 is 2.62 bits per heavy atom. The normalized spacial score (nSPS) is 16.3. The number of nitrogens with one attached hydrogen (secondary N) is 1. The van der Waals surface area contributed by atoms with Gasteiger partial charge < -0.3 is 15.0 Å². The number of hydrazine groups is 1. The minimum absolute atomic E-state index is 0.105. The van der Waals surface area contributed by atoms with Crippen molar-refractivity contribution in [2.75, 3.05) is 6.61 Å². The lowest BCUT2D eigenvalue weighted by atomic mass is 9.92. The topological polar surface area (TPSA) is 116 Å². The summed E-state index contributed by atoms with van der Waals surface area (Å²) in [5, 5.41) is 4.03. The molecule has 192 valence electrons. The molecule has 1 aliphatic rings. The SMILES string of the molecule is CCc1nc2c(C)cc(C)nc2n1Cc1ccc(-c2cc(C3CCCCO3)ccc2/C(N)=N/NN)cc1. The van der Waals surface area contributed by atoms with E-state index in [9.17, 15) is 0 Å². The van der Waals surface area contributed by atoms with E-state index in [1.54, 1.807) is 0 Å². The summed E-state index contributed by atoms with van der Waals surface area (Å²) in [7, 11) is 0. The van der Waals surface area contributed by atoms with Crippen LogP contribution in [0.15, 0.2) is 53.6 Å². The highest BCUT2D eigenvalue weighted by Crippen LogP contribution is 2.33. The van der Waals surface area contributed by atoms with Gasteiger partial charge in [0.05, 0.1) is 12.6 Å². The molecule has 8 heteroatoms. The number of nitrogens with two attached hydrogens (primary N) is 2. The molecule has 1 unspecified atom stereocenters. The maximum atomic E-state index is 6.26. The van der Waals surface area contributed by atoms with Crippen molar-refractivity contribution in [3.63, 3.8) is 0 Å². The minimum Gasteiger partial charge on any atom is -0.382 e. The highest BCUT2D eigenvalue weighted by molar-refractivity contribution is 6.03. The first-order valence-electron chi connectivity index (χ1n) is 13.0. The number of pyridine rings is 1. The molecule has 37 heavy (non-hydrogen) atoms. The molecular weight excluding hydrogens is 462 g/mol. The maximum Gasteiger partial charge on any atom is 0.160 e. The molecule has 5 N–H and O–H groups in total. The van der Waals surface area contributed by atoms with Crippen LogP contribution in [0.4, 0.5) is 0 Å². The Bertz CT molecular complexity index is 1430. The van der Waals surface area contributed by atoms with Crippen molar-refractivity contribution in [2.24, 2.45) is 16.7 Å². The van der Waals surface area contributed by atoms with Crippen molar-refractivity contribution in [1.82, 2.24) is 20.1 Å². The third kappa shape index (κ3) is 5.08. The van der Waals surface area contributed by atoms with Crippen molar-refractivity contribution in [3.05, 3.63) is 82.3 Å². The average Bonchev–Trinajstić information content (AvgIpc) is 3.27. The quantitative estimate of drug-likeness (QED) is 0.148. The van der Waals surface area contributed by atoms with Gasteiger partial charge in [0.2, 0.25) is 0 Å². The smallest absolute Gasteiger partial charge is 0.160 e. The van der Waals surface area contributed by atoms with Gasteiger partial charge in [0, 0.05) is 24.3 Å². The van der Waals surface area contributed by atoms with Gasteiger partial charge in [-0.25, -0.2) is 21.3 Å². The first-order valence-corrected chi connectivity index (χ1v) is 13.0. The van der Waals surface area contributed by atoms with Gasteiger partial charge in [-0.2, -0.15) is 0 Å². The van der Waals surface area contributed by atoms with E-state index >= 15 is 0 Å². The molecule has 8 nitrogen and oxygen atoms in total. The number of hydrogen-bond acceptors (Lipinski definition) is 6. The molecule has 0 aliphatic carbocycles. The van der Waals surface area contributed by atoms with Gasteiger partial charge in [0.25, 0.3) is 0 Å². The summed E-state index contributed by atoms with van der Waals surface area (Å²) in [6.07, 6.45) is 4.27. The number of rotatable bonds is 7. The van der Waals surface area contributed by atoms with E-state index in [0.29, 0.717) is 12.4 Å². The van der Waals surface area contributed by atoms with E-state index in [-0.39, 0.29) is 6.10 Å². The van der Waals surface area contributed by atoms with Gasteiger partial charge in [-0.05, 0) is 73.1 Å². The Hall–Kier alpha value is -3.75. The maximum absolute atomic E-state index is 6.26. The number of hydrogen-bond donors (Lipinski definition) is 3. The third-order valence-corrected chi connectivity index (χ3v) is 7.08. The molecule has 1 saturated heterocycles. The Kier molecular flexibility index (Phi) is 7.21. The highest BCUT2D eigenvalue weighted by atomic mass is 16.5. The van der Waals surface area contributed by atoms with E-state index < -0.39 is 0 Å². The molecule has 1 fully saturated rings. The highest BCUT2D eigenvalue weighted by Gasteiger charge is 2.19. The van der Waals surface area contributed by atoms with Crippen LogP contribution in [0.2, 0.25) is 0 Å². The van der Waals surface area contributed by atoms with Crippen LogP contribution in [-0.4, -0.2) is 27.0 Å². The molecule has 4 aromatic rings. The van der Waals surface area contributed by atoms with Crippen LogP contribution in [0.25, 0.3) is 22.3 Å². The minimum atomic E-state index is 0.105. The van der Waals surface area contributed by atoms with Crippen molar-refractivity contribution < 1.29 is 4.74 Å². The van der Waals surface area contributed by atoms with E-state index in [0.717, 1.165) is 76.4 Å². The number of aryl methyl sites for hydroxylation is 3. The molecule has 0 spiro atoms. The van der Waals surface area contributed by atoms with Gasteiger partial charge in [-0.3, -0.25) is 0 Å². The molecule has 0 saturated carbocycles. The summed E-state index contributed by atoms with van der Waals surface area (Å²) in [6, 6.07) is 16.9. The summed E-state index contributed by atoms with van der Waals surface area (Å²) in [5.74, 6) is 6.80. The lowest BCUT2D eigenvalue weighted by Gasteiger charge is -2.24. The van der Waals surface area contributed by atoms with Crippen molar-refractivity contribution in [2.45, 2.75) is 59.1 Å². The first-order chi connectivity index (χ1) is 18.0. The number of ether oxygens (including phenoxy) is 1. The predicted molar refractivity (Wildman–Crippen MR) is 148 cm³/mol. The van der Waals surface area contributed by atoms with E-state index in [2.05, 4.69) is 71.5 Å². The Morgan fingerprint density at radius 2 is 1.92 bits per heavy atom. The second kappa shape index (κ2) is 10.7. The summed E-state index contributed by atoms with van der Waals surface area (Å²) in [6.45, 7) is 7.77. The standard InChI is InChI=1S/C29H35N7O/c1-4-26-33-27-18(2)15-19(3)32-29(27)36(26)17-20-8-10-21(11-9-20)24-16-22(25-7-5-6-14-37-25)12-13-23(24)28(30)34-35-31/h8-13,15-16,25,35H,4-7,14,17,31H2,1-3H3,(H2,30,34). The number of fused-ring (bicyclic) bond motifs is 1. The Balaban J connectivity index is 1.50. The van der Waals surface area contributed by atoms with Crippen molar-refractivity contribution >= 4 is 17.0 Å². The molecule has 2 aromatic carbocycles. The molecule has 1 atom stereocenters. The summed E-state index contributed by atoms with van der Waals surface area (Å²) in [5.41, 5.74) is 17.9. The summed E-state index contributed by atoms with van der Waals surface area (Å²) < 4.78 is 8.28. The van der Waals surface area contributed by atoms with E-state index in [1.807, 2.05) is 13.0 Å². The zero-order valence-electron chi connectivity index (χ0n) is 21.8.